The van der Waals surface area contributed by atoms with E-state index in [4.69, 9.17) is 10.00 Å². The summed E-state index contributed by atoms with van der Waals surface area (Å²) in [6.07, 6.45) is 4.73. The Balaban J connectivity index is 1.55. The van der Waals surface area contributed by atoms with E-state index in [1.807, 2.05) is 24.3 Å². The van der Waals surface area contributed by atoms with Crippen molar-refractivity contribution in [2.24, 2.45) is 0 Å². The Hall–Kier alpha value is -2.43. The van der Waals surface area contributed by atoms with E-state index in [1.165, 1.54) is 24.3 Å². The second-order valence-electron chi connectivity index (χ2n) is 6.02. The van der Waals surface area contributed by atoms with Crippen molar-refractivity contribution >= 4 is 10.0 Å². The molecular weight excluding hydrogens is 338 g/mol. The van der Waals surface area contributed by atoms with Gasteiger partial charge in [0.2, 0.25) is 15.9 Å². The summed E-state index contributed by atoms with van der Waals surface area (Å²) in [5.74, 6) is 0.601. The first kappa shape index (κ1) is 17.4. The summed E-state index contributed by atoms with van der Waals surface area (Å²) >= 11 is 0. The molecule has 1 aliphatic carbocycles. The molecule has 0 saturated heterocycles. The molecule has 0 aliphatic heterocycles. The topological polar surface area (TPSA) is 92.1 Å². The maximum absolute atomic E-state index is 12.4. The molecule has 3 rings (SSSR count). The van der Waals surface area contributed by atoms with Crippen LogP contribution in [0, 0.1) is 11.3 Å². The van der Waals surface area contributed by atoms with Crippen LogP contribution in [0.4, 0.5) is 0 Å². The van der Waals surface area contributed by atoms with Gasteiger partial charge in [-0.2, -0.15) is 5.26 Å². The fourth-order valence-electron chi connectivity index (χ4n) is 2.88. The van der Waals surface area contributed by atoms with Crippen molar-refractivity contribution in [3.8, 4) is 11.9 Å². The van der Waals surface area contributed by atoms with E-state index in [2.05, 4.69) is 9.71 Å². The van der Waals surface area contributed by atoms with Crippen LogP contribution in [0.3, 0.4) is 0 Å². The first-order chi connectivity index (χ1) is 12.1. The Kier molecular flexibility index (Phi) is 5.31. The molecule has 0 atom stereocenters. The highest BCUT2D eigenvalue weighted by molar-refractivity contribution is 7.89. The molecule has 1 aromatic carbocycles. The highest BCUT2D eigenvalue weighted by atomic mass is 32.2. The molecule has 0 spiro atoms. The summed E-state index contributed by atoms with van der Waals surface area (Å²) in [7, 11) is -3.57. The summed E-state index contributed by atoms with van der Waals surface area (Å²) in [6, 6.07) is 13.3. The van der Waals surface area contributed by atoms with Crippen LogP contribution in [0.5, 0.6) is 5.88 Å². The highest BCUT2D eigenvalue weighted by Crippen LogP contribution is 2.24. The van der Waals surface area contributed by atoms with E-state index in [-0.39, 0.29) is 17.0 Å². The van der Waals surface area contributed by atoms with Gasteiger partial charge < -0.3 is 4.74 Å². The van der Waals surface area contributed by atoms with Crippen LogP contribution >= 0.6 is 0 Å². The average Bonchev–Trinajstić information content (AvgIpc) is 2.64. The summed E-state index contributed by atoms with van der Waals surface area (Å²) in [5, 5.41) is 8.79. The first-order valence-electron chi connectivity index (χ1n) is 8.17. The molecule has 0 radical (unpaired) electrons. The van der Waals surface area contributed by atoms with Crippen LogP contribution < -0.4 is 9.46 Å². The number of pyridine rings is 1. The third-order valence-corrected chi connectivity index (χ3v) is 5.75. The van der Waals surface area contributed by atoms with Gasteiger partial charge in [0, 0.05) is 18.3 Å². The number of hydrogen-bond acceptors (Lipinski definition) is 5. The third kappa shape index (κ3) is 4.56. The van der Waals surface area contributed by atoms with Gasteiger partial charge in [0.05, 0.1) is 16.5 Å². The molecule has 0 amide bonds. The molecule has 6 nitrogen and oxygen atoms in total. The van der Waals surface area contributed by atoms with Crippen molar-refractivity contribution in [1.29, 1.82) is 5.26 Å². The van der Waals surface area contributed by atoms with E-state index in [9.17, 15) is 8.42 Å². The lowest BCUT2D eigenvalue weighted by molar-refractivity contribution is 0.138. The largest absolute Gasteiger partial charge is 0.474 e. The maximum Gasteiger partial charge on any atom is 0.240 e. The molecule has 1 heterocycles. The monoisotopic (exact) mass is 357 g/mol. The standard InChI is InChI=1S/C18H19N3O3S/c19-13-14-4-10-17(11-5-14)25(22,23)21-15-6-8-16(9-7-15)24-18-3-1-2-12-20-18/h1-5,10-12,15-16,21H,6-9H2. The lowest BCUT2D eigenvalue weighted by Gasteiger charge is -2.29. The smallest absolute Gasteiger partial charge is 0.240 e. The van der Waals surface area contributed by atoms with Gasteiger partial charge >= 0.3 is 0 Å². The Morgan fingerprint density at radius 2 is 1.80 bits per heavy atom. The molecule has 2 aromatic rings. The van der Waals surface area contributed by atoms with Gasteiger partial charge in [-0.15, -0.1) is 0 Å². The molecule has 7 heteroatoms. The lowest BCUT2D eigenvalue weighted by atomic mass is 9.94. The van der Waals surface area contributed by atoms with Crippen LogP contribution in [0.15, 0.2) is 53.6 Å². The SMILES string of the molecule is N#Cc1ccc(S(=O)(=O)NC2CCC(Oc3ccccn3)CC2)cc1. The molecule has 1 aromatic heterocycles. The van der Waals surface area contributed by atoms with E-state index in [0.29, 0.717) is 24.3 Å². The van der Waals surface area contributed by atoms with Crippen molar-refractivity contribution < 1.29 is 13.2 Å². The van der Waals surface area contributed by atoms with Gasteiger partial charge in [0.25, 0.3) is 0 Å². The number of aromatic nitrogens is 1. The number of sulfonamides is 1. The normalized spacial score (nSPS) is 20.6. The van der Waals surface area contributed by atoms with Crippen LogP contribution in [-0.2, 0) is 10.0 Å². The molecule has 1 aliphatic rings. The molecule has 25 heavy (non-hydrogen) atoms. The fraction of sp³-hybridized carbons (Fsp3) is 0.333. The number of benzene rings is 1. The van der Waals surface area contributed by atoms with Crippen LogP contribution in [0.25, 0.3) is 0 Å². The second-order valence-corrected chi connectivity index (χ2v) is 7.73. The zero-order valence-electron chi connectivity index (χ0n) is 13.6. The van der Waals surface area contributed by atoms with Crippen molar-refractivity contribution in [2.75, 3.05) is 0 Å². The lowest BCUT2D eigenvalue weighted by Crippen LogP contribution is -2.39. The predicted octanol–water partition coefficient (Wildman–Crippen LogP) is 2.62. The highest BCUT2D eigenvalue weighted by Gasteiger charge is 2.26. The first-order valence-corrected chi connectivity index (χ1v) is 9.65. The molecule has 1 fully saturated rings. The van der Waals surface area contributed by atoms with Gasteiger partial charge in [-0.3, -0.25) is 0 Å². The number of hydrogen-bond donors (Lipinski definition) is 1. The van der Waals surface area contributed by atoms with Crippen LogP contribution in [0.2, 0.25) is 0 Å². The van der Waals surface area contributed by atoms with Gasteiger partial charge in [0.15, 0.2) is 0 Å². The van der Waals surface area contributed by atoms with Gasteiger partial charge in [-0.1, -0.05) is 6.07 Å². The van der Waals surface area contributed by atoms with E-state index in [0.717, 1.165) is 12.8 Å². The second kappa shape index (κ2) is 7.64. The molecule has 130 valence electrons. The van der Waals surface area contributed by atoms with E-state index >= 15 is 0 Å². The summed E-state index contributed by atoms with van der Waals surface area (Å²) < 4.78 is 33.5. The zero-order chi connectivity index (χ0) is 17.7. The van der Waals surface area contributed by atoms with Gasteiger partial charge in [-0.05, 0) is 56.0 Å². The van der Waals surface area contributed by atoms with Gasteiger partial charge in [-0.25, -0.2) is 18.1 Å². The summed E-state index contributed by atoms with van der Waals surface area (Å²) in [6.45, 7) is 0. The molecule has 1 saturated carbocycles. The average molecular weight is 357 g/mol. The molecule has 0 unspecified atom stereocenters. The Morgan fingerprint density at radius 1 is 1.08 bits per heavy atom. The predicted molar refractivity (Wildman–Crippen MR) is 92.4 cm³/mol. The Morgan fingerprint density at radius 3 is 2.40 bits per heavy atom. The number of nitrogens with zero attached hydrogens (tertiary/aromatic N) is 2. The van der Waals surface area contributed by atoms with Crippen molar-refractivity contribution in [1.82, 2.24) is 9.71 Å². The van der Waals surface area contributed by atoms with Gasteiger partial charge in [0.1, 0.15) is 6.10 Å². The van der Waals surface area contributed by atoms with E-state index in [1.54, 1.807) is 6.20 Å². The Bertz CT molecular complexity index is 837. The van der Waals surface area contributed by atoms with Crippen molar-refractivity contribution in [2.45, 2.75) is 42.7 Å². The summed E-state index contributed by atoms with van der Waals surface area (Å²) in [5.41, 5.74) is 0.436. The number of nitrogens with one attached hydrogen (secondary N) is 1. The van der Waals surface area contributed by atoms with E-state index < -0.39 is 10.0 Å². The number of nitriles is 1. The summed E-state index contributed by atoms with van der Waals surface area (Å²) in [4.78, 5) is 4.33. The maximum atomic E-state index is 12.4. The molecular formula is C18H19N3O3S. The Labute approximate surface area is 147 Å². The molecule has 1 N–H and O–H groups in total. The fourth-order valence-corrected chi connectivity index (χ4v) is 4.19. The number of rotatable bonds is 5. The quantitative estimate of drug-likeness (QED) is 0.888. The minimum Gasteiger partial charge on any atom is -0.474 e. The van der Waals surface area contributed by atoms with Crippen LogP contribution in [0.1, 0.15) is 31.2 Å². The zero-order valence-corrected chi connectivity index (χ0v) is 14.4. The van der Waals surface area contributed by atoms with Crippen LogP contribution in [-0.4, -0.2) is 25.5 Å². The minimum atomic E-state index is -3.57. The molecule has 0 bridgehead atoms. The third-order valence-electron chi connectivity index (χ3n) is 4.21. The van der Waals surface area contributed by atoms with Crippen molar-refractivity contribution in [3.63, 3.8) is 0 Å². The number of ether oxygens (including phenoxy) is 1. The van der Waals surface area contributed by atoms with Crippen molar-refractivity contribution in [3.05, 3.63) is 54.2 Å². The minimum absolute atomic E-state index is 0.0607.